The molecule has 6 nitrogen and oxygen atoms in total. The van der Waals surface area contributed by atoms with Gasteiger partial charge in [-0.15, -0.1) is 0 Å². The van der Waals surface area contributed by atoms with Crippen molar-refractivity contribution in [1.82, 2.24) is 15.5 Å². The maximum Gasteiger partial charge on any atom is 0.254 e. The average molecular weight is 416 g/mol. The van der Waals surface area contributed by atoms with Crippen LogP contribution in [0.4, 0.5) is 0 Å². The Morgan fingerprint density at radius 1 is 1.03 bits per heavy atom. The van der Waals surface area contributed by atoms with Crippen LogP contribution in [0.25, 0.3) is 0 Å². The van der Waals surface area contributed by atoms with Crippen LogP contribution in [0.2, 0.25) is 0 Å². The summed E-state index contributed by atoms with van der Waals surface area (Å²) in [4.78, 5) is 40.0. The van der Waals surface area contributed by atoms with E-state index in [4.69, 9.17) is 0 Å². The molecular formula is C24H37N3O3. The van der Waals surface area contributed by atoms with E-state index in [0.29, 0.717) is 44.8 Å². The molecule has 1 heterocycles. The molecule has 3 amide bonds. The Hall–Kier alpha value is -2.37. The number of benzene rings is 1. The van der Waals surface area contributed by atoms with Crippen molar-refractivity contribution in [3.8, 4) is 0 Å². The van der Waals surface area contributed by atoms with Gasteiger partial charge in [-0.3, -0.25) is 14.4 Å². The standard InChI is InChI=1S/C24H37N3O3/c1-16(2)14-21(28)26-22(23(29)25-15-17(3)4)19-10-12-27(13-11-19)24(30)20-9-7-6-8-18(20)5/h6-9,16-17,19,22H,10-15H2,1-5H3,(H,25,29)(H,26,28). The molecule has 2 N–H and O–H groups in total. The smallest absolute Gasteiger partial charge is 0.254 e. The van der Waals surface area contributed by atoms with Crippen LogP contribution in [0, 0.1) is 24.7 Å². The number of amides is 3. The van der Waals surface area contributed by atoms with Gasteiger partial charge in [0, 0.05) is 31.6 Å². The summed E-state index contributed by atoms with van der Waals surface area (Å²) < 4.78 is 0. The summed E-state index contributed by atoms with van der Waals surface area (Å²) in [6.07, 6.45) is 1.79. The Labute approximate surface area is 180 Å². The lowest BCUT2D eigenvalue weighted by molar-refractivity contribution is -0.131. The first-order valence-electron chi connectivity index (χ1n) is 11.1. The summed E-state index contributed by atoms with van der Waals surface area (Å²) in [7, 11) is 0. The van der Waals surface area contributed by atoms with E-state index in [1.165, 1.54) is 0 Å². The molecule has 0 saturated carbocycles. The first-order chi connectivity index (χ1) is 14.2. The Morgan fingerprint density at radius 3 is 2.23 bits per heavy atom. The zero-order valence-corrected chi connectivity index (χ0v) is 19.0. The normalized spacial score (nSPS) is 15.9. The molecule has 30 heavy (non-hydrogen) atoms. The highest BCUT2D eigenvalue weighted by atomic mass is 16.2. The number of hydrogen-bond donors (Lipinski definition) is 2. The Kier molecular flexibility index (Phi) is 8.88. The topological polar surface area (TPSA) is 78.5 Å². The van der Waals surface area contributed by atoms with E-state index >= 15 is 0 Å². The molecule has 1 fully saturated rings. The van der Waals surface area contributed by atoms with E-state index in [1.807, 2.05) is 63.8 Å². The second kappa shape index (κ2) is 11.1. The van der Waals surface area contributed by atoms with Crippen molar-refractivity contribution in [2.45, 2.75) is 59.9 Å². The fourth-order valence-corrected chi connectivity index (χ4v) is 3.83. The first-order valence-corrected chi connectivity index (χ1v) is 11.1. The van der Waals surface area contributed by atoms with E-state index in [0.717, 1.165) is 11.1 Å². The highest BCUT2D eigenvalue weighted by Gasteiger charge is 2.34. The maximum absolute atomic E-state index is 12.9. The van der Waals surface area contributed by atoms with Gasteiger partial charge in [0.15, 0.2) is 0 Å². The van der Waals surface area contributed by atoms with Crippen molar-refractivity contribution in [1.29, 1.82) is 0 Å². The number of aryl methyl sites for hydroxylation is 1. The largest absolute Gasteiger partial charge is 0.354 e. The molecule has 2 rings (SSSR count). The van der Waals surface area contributed by atoms with E-state index < -0.39 is 6.04 Å². The molecule has 166 valence electrons. The third-order valence-corrected chi connectivity index (χ3v) is 5.55. The summed E-state index contributed by atoms with van der Waals surface area (Å²) in [5, 5.41) is 5.94. The number of hydrogen-bond acceptors (Lipinski definition) is 3. The number of nitrogens with one attached hydrogen (secondary N) is 2. The molecule has 1 saturated heterocycles. The summed E-state index contributed by atoms with van der Waals surface area (Å²) in [5.41, 5.74) is 1.70. The second-order valence-electron chi connectivity index (χ2n) is 9.23. The first kappa shape index (κ1) is 23.9. The van der Waals surface area contributed by atoms with E-state index in [-0.39, 0.29) is 29.6 Å². The van der Waals surface area contributed by atoms with Gasteiger partial charge >= 0.3 is 0 Å². The van der Waals surface area contributed by atoms with Crippen molar-refractivity contribution in [3.63, 3.8) is 0 Å². The van der Waals surface area contributed by atoms with Crippen molar-refractivity contribution in [3.05, 3.63) is 35.4 Å². The zero-order valence-electron chi connectivity index (χ0n) is 19.0. The van der Waals surface area contributed by atoms with Crippen LogP contribution >= 0.6 is 0 Å². The number of carbonyl (C=O) groups is 3. The highest BCUT2D eigenvalue weighted by molar-refractivity contribution is 5.95. The van der Waals surface area contributed by atoms with Crippen LogP contribution < -0.4 is 10.6 Å². The molecule has 0 aliphatic carbocycles. The minimum Gasteiger partial charge on any atom is -0.354 e. The quantitative estimate of drug-likeness (QED) is 0.685. The van der Waals surface area contributed by atoms with Gasteiger partial charge in [0.2, 0.25) is 11.8 Å². The van der Waals surface area contributed by atoms with E-state index in [9.17, 15) is 14.4 Å². The Balaban J connectivity index is 2.03. The van der Waals surface area contributed by atoms with Gasteiger partial charge in [0.1, 0.15) is 6.04 Å². The molecule has 0 bridgehead atoms. The van der Waals surface area contributed by atoms with Crippen molar-refractivity contribution in [2.75, 3.05) is 19.6 Å². The number of nitrogens with zero attached hydrogens (tertiary/aromatic N) is 1. The molecule has 0 radical (unpaired) electrons. The van der Waals surface area contributed by atoms with Crippen molar-refractivity contribution < 1.29 is 14.4 Å². The second-order valence-corrected chi connectivity index (χ2v) is 9.23. The minimum absolute atomic E-state index is 0.0224. The van der Waals surface area contributed by atoms with Gasteiger partial charge < -0.3 is 15.5 Å². The summed E-state index contributed by atoms with van der Waals surface area (Å²) >= 11 is 0. The molecule has 1 aromatic rings. The lowest BCUT2D eigenvalue weighted by atomic mass is 9.88. The summed E-state index contributed by atoms with van der Waals surface area (Å²) in [6, 6.07) is 7.06. The molecule has 1 atom stereocenters. The predicted octanol–water partition coefficient (Wildman–Crippen LogP) is 3.15. The summed E-state index contributed by atoms with van der Waals surface area (Å²) in [6.45, 7) is 11.8. The average Bonchev–Trinajstić information content (AvgIpc) is 2.69. The third kappa shape index (κ3) is 6.85. The maximum atomic E-state index is 12.9. The number of likely N-dealkylation sites (tertiary alicyclic amines) is 1. The molecular weight excluding hydrogens is 378 g/mol. The Bertz CT molecular complexity index is 737. The lowest BCUT2D eigenvalue weighted by Crippen LogP contribution is -2.54. The van der Waals surface area contributed by atoms with Crippen molar-refractivity contribution >= 4 is 17.7 Å². The SMILES string of the molecule is Cc1ccccc1C(=O)N1CCC(C(NC(=O)CC(C)C)C(=O)NCC(C)C)CC1. The van der Waals surface area contributed by atoms with Gasteiger partial charge in [-0.2, -0.15) is 0 Å². The van der Waals surface area contributed by atoms with Crippen LogP contribution in [-0.2, 0) is 9.59 Å². The van der Waals surface area contributed by atoms with Gasteiger partial charge in [-0.1, -0.05) is 45.9 Å². The van der Waals surface area contributed by atoms with Crippen LogP contribution in [0.1, 0.15) is 62.9 Å². The zero-order chi connectivity index (χ0) is 22.3. The monoisotopic (exact) mass is 415 g/mol. The van der Waals surface area contributed by atoms with Crippen LogP contribution in [0.5, 0.6) is 0 Å². The molecule has 0 aromatic heterocycles. The molecule has 1 unspecified atom stereocenters. The number of carbonyl (C=O) groups excluding carboxylic acids is 3. The van der Waals surface area contributed by atoms with E-state index in [1.54, 1.807) is 0 Å². The molecule has 1 aliphatic heterocycles. The number of piperidine rings is 1. The third-order valence-electron chi connectivity index (χ3n) is 5.55. The molecule has 1 aromatic carbocycles. The molecule has 1 aliphatic rings. The van der Waals surface area contributed by atoms with Crippen LogP contribution in [0.15, 0.2) is 24.3 Å². The summed E-state index contributed by atoms with van der Waals surface area (Å²) in [5.74, 6) is 0.426. The highest BCUT2D eigenvalue weighted by Crippen LogP contribution is 2.23. The number of rotatable bonds is 8. The van der Waals surface area contributed by atoms with E-state index in [2.05, 4.69) is 10.6 Å². The van der Waals surface area contributed by atoms with Gasteiger partial charge in [-0.25, -0.2) is 0 Å². The predicted molar refractivity (Wildman–Crippen MR) is 119 cm³/mol. The Morgan fingerprint density at radius 2 is 1.67 bits per heavy atom. The minimum atomic E-state index is -0.550. The van der Waals surface area contributed by atoms with Gasteiger partial charge in [0.25, 0.3) is 5.91 Å². The van der Waals surface area contributed by atoms with Crippen LogP contribution in [-0.4, -0.2) is 48.3 Å². The molecule has 0 spiro atoms. The van der Waals surface area contributed by atoms with Gasteiger partial charge in [-0.05, 0) is 49.1 Å². The lowest BCUT2D eigenvalue weighted by Gasteiger charge is -2.36. The van der Waals surface area contributed by atoms with Crippen molar-refractivity contribution in [2.24, 2.45) is 17.8 Å². The van der Waals surface area contributed by atoms with Crippen LogP contribution in [0.3, 0.4) is 0 Å². The fourth-order valence-electron chi connectivity index (χ4n) is 3.83. The fraction of sp³-hybridized carbons (Fsp3) is 0.625. The van der Waals surface area contributed by atoms with Gasteiger partial charge in [0.05, 0.1) is 0 Å². The molecule has 6 heteroatoms.